The van der Waals surface area contributed by atoms with Crippen LogP contribution in [-0.2, 0) is 0 Å². The molecular formula is C13H22N4O. The Morgan fingerprint density at radius 1 is 1.33 bits per heavy atom. The summed E-state index contributed by atoms with van der Waals surface area (Å²) in [4.78, 5) is 10.9. The first kappa shape index (κ1) is 13.1. The van der Waals surface area contributed by atoms with Gasteiger partial charge in [-0.3, -0.25) is 9.88 Å². The highest BCUT2D eigenvalue weighted by molar-refractivity contribution is 5.32. The minimum atomic E-state index is 0.607. The lowest BCUT2D eigenvalue weighted by Gasteiger charge is -2.14. The predicted octanol–water partition coefficient (Wildman–Crippen LogP) is 1.77. The molecule has 0 atom stereocenters. The number of anilines is 1. The lowest BCUT2D eigenvalue weighted by atomic mass is 10.4. The van der Waals surface area contributed by atoms with E-state index in [-0.39, 0.29) is 0 Å². The third kappa shape index (κ3) is 4.14. The molecule has 2 heterocycles. The van der Waals surface area contributed by atoms with Gasteiger partial charge < -0.3 is 10.1 Å². The maximum Gasteiger partial charge on any atom is 0.234 e. The van der Waals surface area contributed by atoms with Gasteiger partial charge in [-0.05, 0) is 32.4 Å². The first-order valence-corrected chi connectivity index (χ1v) is 6.79. The summed E-state index contributed by atoms with van der Waals surface area (Å²) in [7, 11) is 0. The molecule has 1 aliphatic rings. The van der Waals surface area contributed by atoms with Gasteiger partial charge in [-0.1, -0.05) is 6.92 Å². The van der Waals surface area contributed by atoms with Gasteiger partial charge in [0.2, 0.25) is 5.88 Å². The number of nitrogens with one attached hydrogen (secondary N) is 1. The molecule has 0 saturated carbocycles. The molecule has 0 amide bonds. The van der Waals surface area contributed by atoms with Crippen LogP contribution in [0.25, 0.3) is 0 Å². The van der Waals surface area contributed by atoms with E-state index in [1.54, 1.807) is 12.4 Å². The van der Waals surface area contributed by atoms with Crippen LogP contribution in [0.1, 0.15) is 26.2 Å². The van der Waals surface area contributed by atoms with Gasteiger partial charge in [0.25, 0.3) is 0 Å². The summed E-state index contributed by atoms with van der Waals surface area (Å²) in [5.74, 6) is 1.39. The smallest absolute Gasteiger partial charge is 0.234 e. The molecule has 0 bridgehead atoms. The van der Waals surface area contributed by atoms with Gasteiger partial charge in [-0.15, -0.1) is 0 Å². The van der Waals surface area contributed by atoms with E-state index in [9.17, 15) is 0 Å². The molecule has 1 N–H and O–H groups in total. The minimum Gasteiger partial charge on any atom is -0.475 e. The van der Waals surface area contributed by atoms with Crippen molar-refractivity contribution < 1.29 is 4.74 Å². The van der Waals surface area contributed by atoms with Crippen LogP contribution in [-0.4, -0.2) is 47.7 Å². The normalized spacial score (nSPS) is 15.8. The summed E-state index contributed by atoms with van der Waals surface area (Å²) in [6.07, 6.45) is 7.10. The maximum atomic E-state index is 5.63. The van der Waals surface area contributed by atoms with E-state index in [0.29, 0.717) is 12.5 Å². The fourth-order valence-electron chi connectivity index (χ4n) is 2.04. The summed E-state index contributed by atoms with van der Waals surface area (Å²) < 4.78 is 5.63. The molecule has 1 aliphatic heterocycles. The Bertz CT molecular complexity index is 353. The molecule has 1 saturated heterocycles. The molecule has 18 heavy (non-hydrogen) atoms. The van der Waals surface area contributed by atoms with E-state index < -0.39 is 0 Å². The summed E-state index contributed by atoms with van der Waals surface area (Å²) in [6.45, 7) is 7.10. The number of aromatic nitrogens is 2. The highest BCUT2D eigenvalue weighted by Gasteiger charge is 2.10. The summed E-state index contributed by atoms with van der Waals surface area (Å²) in [6, 6.07) is 0. The van der Waals surface area contributed by atoms with E-state index in [1.807, 2.05) is 0 Å². The monoisotopic (exact) mass is 250 g/mol. The minimum absolute atomic E-state index is 0.607. The zero-order valence-electron chi connectivity index (χ0n) is 11.1. The largest absolute Gasteiger partial charge is 0.475 e. The Morgan fingerprint density at radius 2 is 2.17 bits per heavy atom. The highest BCUT2D eigenvalue weighted by Crippen LogP contribution is 2.10. The van der Waals surface area contributed by atoms with Crippen molar-refractivity contribution in [1.82, 2.24) is 14.9 Å². The van der Waals surface area contributed by atoms with Crippen molar-refractivity contribution in [3.05, 3.63) is 12.4 Å². The van der Waals surface area contributed by atoms with Gasteiger partial charge in [0.15, 0.2) is 0 Å². The van der Waals surface area contributed by atoms with Gasteiger partial charge in [-0.25, -0.2) is 0 Å². The Labute approximate surface area is 109 Å². The first-order chi connectivity index (χ1) is 8.88. The molecule has 1 fully saturated rings. The summed E-state index contributed by atoms with van der Waals surface area (Å²) in [5, 5.41) is 3.20. The van der Waals surface area contributed by atoms with Crippen molar-refractivity contribution in [3.63, 3.8) is 0 Å². The van der Waals surface area contributed by atoms with E-state index in [2.05, 4.69) is 27.1 Å². The van der Waals surface area contributed by atoms with Crippen molar-refractivity contribution in [2.45, 2.75) is 26.2 Å². The number of hydrogen-bond donors (Lipinski definition) is 1. The standard InChI is InChI=1S/C13H22N4O/c1-2-5-15-12-10-14-11-13(16-12)18-9-8-17-6-3-4-7-17/h10-11H,2-9H2,1H3,(H,15,16). The van der Waals surface area contributed by atoms with Crippen LogP contribution in [0.4, 0.5) is 5.82 Å². The van der Waals surface area contributed by atoms with Crippen LogP contribution < -0.4 is 10.1 Å². The molecule has 5 heteroatoms. The van der Waals surface area contributed by atoms with Crippen LogP contribution in [0.2, 0.25) is 0 Å². The fraction of sp³-hybridized carbons (Fsp3) is 0.692. The topological polar surface area (TPSA) is 50.3 Å². The Morgan fingerprint density at radius 3 is 2.94 bits per heavy atom. The number of hydrogen-bond acceptors (Lipinski definition) is 5. The molecule has 1 aromatic heterocycles. The third-order valence-electron chi connectivity index (χ3n) is 3.02. The SMILES string of the molecule is CCCNc1cncc(OCCN2CCCC2)n1. The van der Waals surface area contributed by atoms with Gasteiger partial charge >= 0.3 is 0 Å². The van der Waals surface area contributed by atoms with E-state index >= 15 is 0 Å². The highest BCUT2D eigenvalue weighted by atomic mass is 16.5. The van der Waals surface area contributed by atoms with Gasteiger partial charge in [0.05, 0.1) is 12.4 Å². The van der Waals surface area contributed by atoms with Crippen LogP contribution in [0.5, 0.6) is 5.88 Å². The molecule has 5 nitrogen and oxygen atoms in total. The Hall–Kier alpha value is -1.36. The van der Waals surface area contributed by atoms with Crippen LogP contribution >= 0.6 is 0 Å². The second kappa shape index (κ2) is 7.16. The average molecular weight is 250 g/mol. The van der Waals surface area contributed by atoms with E-state index in [0.717, 1.165) is 25.3 Å². The molecule has 0 spiro atoms. The van der Waals surface area contributed by atoms with Crippen LogP contribution in [0.3, 0.4) is 0 Å². The van der Waals surface area contributed by atoms with E-state index in [1.165, 1.54) is 25.9 Å². The molecule has 2 rings (SSSR count). The third-order valence-corrected chi connectivity index (χ3v) is 3.02. The van der Waals surface area contributed by atoms with Gasteiger partial charge in [-0.2, -0.15) is 4.98 Å². The maximum absolute atomic E-state index is 5.63. The lowest BCUT2D eigenvalue weighted by molar-refractivity contribution is 0.231. The van der Waals surface area contributed by atoms with E-state index in [4.69, 9.17) is 4.74 Å². The molecule has 0 unspecified atom stereocenters. The quantitative estimate of drug-likeness (QED) is 0.799. The molecule has 0 radical (unpaired) electrons. The van der Waals surface area contributed by atoms with Crippen molar-refractivity contribution in [3.8, 4) is 5.88 Å². The lowest BCUT2D eigenvalue weighted by Crippen LogP contribution is -2.25. The van der Waals surface area contributed by atoms with Gasteiger partial charge in [0, 0.05) is 13.1 Å². The van der Waals surface area contributed by atoms with Crippen molar-refractivity contribution in [1.29, 1.82) is 0 Å². The zero-order valence-corrected chi connectivity index (χ0v) is 11.1. The molecule has 0 aliphatic carbocycles. The van der Waals surface area contributed by atoms with Crippen molar-refractivity contribution in [2.75, 3.05) is 38.1 Å². The number of ether oxygens (including phenoxy) is 1. The second-order valence-electron chi connectivity index (χ2n) is 4.57. The molecule has 100 valence electrons. The molecule has 0 aromatic carbocycles. The zero-order chi connectivity index (χ0) is 12.6. The first-order valence-electron chi connectivity index (χ1n) is 6.79. The number of likely N-dealkylation sites (tertiary alicyclic amines) is 1. The molecular weight excluding hydrogens is 228 g/mol. The van der Waals surface area contributed by atoms with Crippen LogP contribution in [0, 0.1) is 0 Å². The summed E-state index contributed by atoms with van der Waals surface area (Å²) in [5.41, 5.74) is 0. The Balaban J connectivity index is 1.74. The fourth-order valence-corrected chi connectivity index (χ4v) is 2.04. The van der Waals surface area contributed by atoms with Crippen molar-refractivity contribution in [2.24, 2.45) is 0 Å². The second-order valence-corrected chi connectivity index (χ2v) is 4.57. The van der Waals surface area contributed by atoms with Crippen LogP contribution in [0.15, 0.2) is 12.4 Å². The number of rotatable bonds is 7. The Kier molecular flexibility index (Phi) is 5.20. The predicted molar refractivity (Wildman–Crippen MR) is 72.0 cm³/mol. The summed E-state index contributed by atoms with van der Waals surface area (Å²) >= 11 is 0. The van der Waals surface area contributed by atoms with Gasteiger partial charge in [0.1, 0.15) is 12.4 Å². The van der Waals surface area contributed by atoms with Crippen molar-refractivity contribution >= 4 is 5.82 Å². The number of nitrogens with zero attached hydrogens (tertiary/aromatic N) is 3. The molecule has 1 aromatic rings. The average Bonchev–Trinajstić information content (AvgIpc) is 2.90.